The second-order valence-corrected chi connectivity index (χ2v) is 6.41. The van der Waals surface area contributed by atoms with E-state index in [4.69, 9.17) is 0 Å². The Labute approximate surface area is 120 Å². The molecule has 1 rings (SSSR count). The van der Waals surface area contributed by atoms with E-state index in [0.717, 1.165) is 25.9 Å². The highest BCUT2D eigenvalue weighted by Gasteiger charge is 2.15. The maximum absolute atomic E-state index is 9.45. The first-order valence-corrected chi connectivity index (χ1v) is 8.20. The van der Waals surface area contributed by atoms with Gasteiger partial charge in [-0.05, 0) is 59.7 Å². The van der Waals surface area contributed by atoms with Crippen LogP contribution in [0.25, 0.3) is 0 Å². The van der Waals surface area contributed by atoms with Crippen molar-refractivity contribution in [3.05, 3.63) is 0 Å². The molecule has 0 aliphatic carbocycles. The van der Waals surface area contributed by atoms with Crippen LogP contribution in [0.3, 0.4) is 0 Å². The molecule has 1 aliphatic heterocycles. The molecule has 1 saturated heterocycles. The van der Waals surface area contributed by atoms with Crippen molar-refractivity contribution < 1.29 is 5.11 Å². The van der Waals surface area contributed by atoms with Gasteiger partial charge in [0.15, 0.2) is 0 Å². The first kappa shape index (κ1) is 16.9. The number of aliphatic hydroxyl groups is 1. The van der Waals surface area contributed by atoms with Crippen molar-refractivity contribution in [3.63, 3.8) is 0 Å². The number of likely N-dealkylation sites (tertiary alicyclic amines) is 1. The van der Waals surface area contributed by atoms with Gasteiger partial charge in [-0.15, -0.1) is 0 Å². The van der Waals surface area contributed by atoms with Gasteiger partial charge >= 0.3 is 0 Å². The van der Waals surface area contributed by atoms with Gasteiger partial charge in [0.1, 0.15) is 0 Å². The van der Waals surface area contributed by atoms with E-state index in [0.29, 0.717) is 6.04 Å². The van der Waals surface area contributed by atoms with Gasteiger partial charge in [-0.2, -0.15) is 0 Å². The minimum absolute atomic E-state index is 0.0332. The zero-order valence-corrected chi connectivity index (χ0v) is 13.3. The summed E-state index contributed by atoms with van der Waals surface area (Å²) in [5.74, 6) is 0. The fourth-order valence-electron chi connectivity index (χ4n) is 2.63. The second kappa shape index (κ2) is 9.73. The van der Waals surface area contributed by atoms with Crippen molar-refractivity contribution in [1.29, 1.82) is 0 Å². The monoisotopic (exact) mass is 270 g/mol. The van der Waals surface area contributed by atoms with E-state index in [1.807, 2.05) is 0 Å². The molecule has 0 spiro atoms. The van der Waals surface area contributed by atoms with E-state index in [2.05, 4.69) is 30.7 Å². The Bertz CT molecular complexity index is 213. The first-order chi connectivity index (χ1) is 9.09. The van der Waals surface area contributed by atoms with Crippen molar-refractivity contribution >= 4 is 0 Å². The third-order valence-electron chi connectivity index (χ3n) is 4.42. The summed E-state index contributed by atoms with van der Waals surface area (Å²) in [6.45, 7) is 9.19. The van der Waals surface area contributed by atoms with E-state index in [-0.39, 0.29) is 6.10 Å². The summed E-state index contributed by atoms with van der Waals surface area (Å²) in [4.78, 5) is 4.94. The lowest BCUT2D eigenvalue weighted by Crippen LogP contribution is -2.36. The molecular formula is C16H34N2O. The third-order valence-corrected chi connectivity index (χ3v) is 4.42. The highest BCUT2D eigenvalue weighted by atomic mass is 16.3. The lowest BCUT2D eigenvalue weighted by molar-refractivity contribution is 0.0817. The molecule has 0 amide bonds. The molecule has 3 nitrogen and oxygen atoms in total. The van der Waals surface area contributed by atoms with E-state index in [1.54, 1.807) is 0 Å². The number of rotatable bonds is 9. The maximum atomic E-state index is 9.45. The molecule has 1 heterocycles. The molecule has 1 fully saturated rings. The van der Waals surface area contributed by atoms with E-state index in [1.165, 1.54) is 45.2 Å². The summed E-state index contributed by atoms with van der Waals surface area (Å²) in [6, 6.07) is 0.675. The van der Waals surface area contributed by atoms with Gasteiger partial charge in [0.2, 0.25) is 0 Å². The van der Waals surface area contributed by atoms with Crippen molar-refractivity contribution in [2.75, 3.05) is 33.2 Å². The van der Waals surface area contributed by atoms with Gasteiger partial charge in [0.05, 0.1) is 6.10 Å². The normalized spacial score (nSPS) is 18.6. The summed E-state index contributed by atoms with van der Waals surface area (Å²) in [6.07, 6.45) is 8.70. The summed E-state index contributed by atoms with van der Waals surface area (Å²) in [7, 11) is 2.22. The molecule has 1 N–H and O–H groups in total. The molecule has 1 aliphatic rings. The smallest absolute Gasteiger partial charge is 0.0564 e. The molecule has 19 heavy (non-hydrogen) atoms. The number of aliphatic hydroxyl groups excluding tert-OH is 1. The maximum Gasteiger partial charge on any atom is 0.0564 e. The van der Waals surface area contributed by atoms with Crippen LogP contribution in [0.1, 0.15) is 58.8 Å². The van der Waals surface area contributed by atoms with E-state index >= 15 is 0 Å². The topological polar surface area (TPSA) is 26.7 Å². The highest BCUT2D eigenvalue weighted by molar-refractivity contribution is 4.70. The summed E-state index contributed by atoms with van der Waals surface area (Å²) in [5.41, 5.74) is 0. The average Bonchev–Trinajstić information content (AvgIpc) is 2.39. The number of unbranched alkanes of at least 4 members (excludes halogenated alkanes) is 4. The Hall–Kier alpha value is -0.120. The van der Waals surface area contributed by atoms with Crippen LogP contribution in [0.5, 0.6) is 0 Å². The molecule has 0 aromatic heterocycles. The van der Waals surface area contributed by atoms with Crippen LogP contribution in [0.4, 0.5) is 0 Å². The van der Waals surface area contributed by atoms with Crippen molar-refractivity contribution in [1.82, 2.24) is 9.80 Å². The van der Waals surface area contributed by atoms with Gasteiger partial charge in [-0.25, -0.2) is 0 Å². The lowest BCUT2D eigenvalue weighted by Gasteiger charge is -2.29. The quantitative estimate of drug-likeness (QED) is 0.653. The SMILES string of the molecule is CC(C)N(C)CCCCCCCN1CCC(O)CC1. The predicted octanol–water partition coefficient (Wildman–Crippen LogP) is 2.73. The second-order valence-electron chi connectivity index (χ2n) is 6.41. The Kier molecular flexibility index (Phi) is 8.67. The van der Waals surface area contributed by atoms with Gasteiger partial charge in [0.25, 0.3) is 0 Å². The highest BCUT2D eigenvalue weighted by Crippen LogP contribution is 2.12. The number of nitrogens with zero attached hydrogens (tertiary/aromatic N) is 2. The van der Waals surface area contributed by atoms with Gasteiger partial charge in [-0.1, -0.05) is 19.3 Å². The Morgan fingerprint density at radius 2 is 1.63 bits per heavy atom. The molecule has 0 atom stereocenters. The van der Waals surface area contributed by atoms with Gasteiger partial charge in [-0.3, -0.25) is 0 Å². The predicted molar refractivity (Wildman–Crippen MR) is 82.5 cm³/mol. The summed E-state index contributed by atoms with van der Waals surface area (Å²) in [5, 5.41) is 9.45. The average molecular weight is 270 g/mol. The van der Waals surface area contributed by atoms with Crippen LogP contribution >= 0.6 is 0 Å². The molecule has 0 radical (unpaired) electrons. The first-order valence-electron chi connectivity index (χ1n) is 8.20. The zero-order valence-electron chi connectivity index (χ0n) is 13.3. The number of hydrogen-bond donors (Lipinski definition) is 1. The number of hydrogen-bond acceptors (Lipinski definition) is 3. The molecule has 114 valence electrons. The standard InChI is InChI=1S/C16H34N2O/c1-15(2)17(3)11-7-5-4-6-8-12-18-13-9-16(19)10-14-18/h15-16,19H,4-14H2,1-3H3. The van der Waals surface area contributed by atoms with Crippen LogP contribution < -0.4 is 0 Å². The van der Waals surface area contributed by atoms with Crippen molar-refractivity contribution in [2.24, 2.45) is 0 Å². The van der Waals surface area contributed by atoms with E-state index < -0.39 is 0 Å². The van der Waals surface area contributed by atoms with Crippen LogP contribution in [0.15, 0.2) is 0 Å². The fourth-order valence-corrected chi connectivity index (χ4v) is 2.63. The number of piperidine rings is 1. The Morgan fingerprint density at radius 1 is 1.05 bits per heavy atom. The van der Waals surface area contributed by atoms with Gasteiger partial charge < -0.3 is 14.9 Å². The Balaban J connectivity index is 1.86. The molecule has 0 aromatic rings. The minimum atomic E-state index is -0.0332. The molecule has 0 aromatic carbocycles. The zero-order chi connectivity index (χ0) is 14.1. The fraction of sp³-hybridized carbons (Fsp3) is 1.00. The minimum Gasteiger partial charge on any atom is -0.393 e. The van der Waals surface area contributed by atoms with Crippen molar-refractivity contribution in [3.8, 4) is 0 Å². The van der Waals surface area contributed by atoms with Crippen LogP contribution in [-0.2, 0) is 0 Å². The van der Waals surface area contributed by atoms with Crippen LogP contribution in [0.2, 0.25) is 0 Å². The molecule has 3 heteroatoms. The van der Waals surface area contributed by atoms with Crippen LogP contribution in [0, 0.1) is 0 Å². The summed E-state index contributed by atoms with van der Waals surface area (Å²) >= 11 is 0. The lowest BCUT2D eigenvalue weighted by atomic mass is 10.1. The van der Waals surface area contributed by atoms with E-state index in [9.17, 15) is 5.11 Å². The molecular weight excluding hydrogens is 236 g/mol. The third kappa shape index (κ3) is 7.91. The summed E-state index contributed by atoms with van der Waals surface area (Å²) < 4.78 is 0. The van der Waals surface area contributed by atoms with Crippen LogP contribution in [-0.4, -0.2) is 60.3 Å². The largest absolute Gasteiger partial charge is 0.393 e. The molecule has 0 saturated carbocycles. The molecule has 0 unspecified atom stereocenters. The Morgan fingerprint density at radius 3 is 2.26 bits per heavy atom. The van der Waals surface area contributed by atoms with Crippen molar-refractivity contribution in [2.45, 2.75) is 70.9 Å². The molecule has 0 bridgehead atoms. The van der Waals surface area contributed by atoms with Gasteiger partial charge in [0, 0.05) is 19.1 Å².